The van der Waals surface area contributed by atoms with E-state index in [1.54, 1.807) is 19.1 Å². The van der Waals surface area contributed by atoms with Gasteiger partial charge < -0.3 is 20.3 Å². The van der Waals surface area contributed by atoms with Crippen molar-refractivity contribution in [1.29, 1.82) is 0 Å². The minimum atomic E-state index is -0.786. The van der Waals surface area contributed by atoms with Gasteiger partial charge in [0.2, 0.25) is 0 Å². The van der Waals surface area contributed by atoms with Crippen LogP contribution in [0.15, 0.2) is 24.3 Å². The Morgan fingerprint density at radius 2 is 2.11 bits per heavy atom. The molecule has 3 N–H and O–H groups in total. The minimum Gasteiger partial charge on any atom is -0.488 e. The quantitative estimate of drug-likeness (QED) is 0.667. The SMILES string of the molecule is CCC(C)(O)CNCC(O)COc1ccccc1F. The number of aliphatic hydroxyl groups is 2. The zero-order chi connectivity index (χ0) is 14.3. The summed E-state index contributed by atoms with van der Waals surface area (Å²) in [5.41, 5.74) is -0.786. The fourth-order valence-electron chi connectivity index (χ4n) is 1.44. The van der Waals surface area contributed by atoms with E-state index in [1.807, 2.05) is 6.92 Å². The number of hydrogen-bond donors (Lipinski definition) is 3. The summed E-state index contributed by atoms with van der Waals surface area (Å²) in [6.07, 6.45) is -0.130. The molecule has 0 aliphatic heterocycles. The van der Waals surface area contributed by atoms with Crippen LogP contribution in [0, 0.1) is 5.82 Å². The lowest BCUT2D eigenvalue weighted by Gasteiger charge is -2.22. The van der Waals surface area contributed by atoms with E-state index in [0.29, 0.717) is 13.0 Å². The zero-order valence-corrected chi connectivity index (χ0v) is 11.4. The first kappa shape index (κ1) is 15.9. The third-order valence-electron chi connectivity index (χ3n) is 2.92. The van der Waals surface area contributed by atoms with Crippen molar-refractivity contribution in [2.24, 2.45) is 0 Å². The first-order valence-corrected chi connectivity index (χ1v) is 6.43. The van der Waals surface area contributed by atoms with E-state index in [2.05, 4.69) is 5.32 Å². The van der Waals surface area contributed by atoms with Gasteiger partial charge >= 0.3 is 0 Å². The van der Waals surface area contributed by atoms with Crippen molar-refractivity contribution in [3.63, 3.8) is 0 Å². The van der Waals surface area contributed by atoms with Crippen LogP contribution in [0.25, 0.3) is 0 Å². The number of ether oxygens (including phenoxy) is 1. The lowest BCUT2D eigenvalue weighted by atomic mass is 10.0. The van der Waals surface area contributed by atoms with Crippen molar-refractivity contribution in [2.75, 3.05) is 19.7 Å². The first-order chi connectivity index (χ1) is 8.94. The van der Waals surface area contributed by atoms with Crippen molar-refractivity contribution in [2.45, 2.75) is 32.0 Å². The molecule has 1 aromatic carbocycles. The molecule has 0 saturated carbocycles. The van der Waals surface area contributed by atoms with Gasteiger partial charge in [0.25, 0.3) is 0 Å². The van der Waals surface area contributed by atoms with E-state index in [4.69, 9.17) is 4.74 Å². The maximum absolute atomic E-state index is 13.2. The Kier molecular flexibility index (Phi) is 6.21. The summed E-state index contributed by atoms with van der Waals surface area (Å²) in [7, 11) is 0. The molecule has 4 nitrogen and oxygen atoms in total. The molecular formula is C14H22FNO3. The highest BCUT2D eigenvalue weighted by molar-refractivity contribution is 5.23. The highest BCUT2D eigenvalue weighted by Gasteiger charge is 2.17. The maximum atomic E-state index is 13.2. The molecule has 0 aliphatic carbocycles. The Balaban J connectivity index is 2.25. The number of para-hydroxylation sites is 1. The van der Waals surface area contributed by atoms with Gasteiger partial charge in [-0.2, -0.15) is 0 Å². The molecule has 108 valence electrons. The standard InChI is InChI=1S/C14H22FNO3/c1-3-14(2,18)10-16-8-11(17)9-19-13-7-5-4-6-12(13)15/h4-7,11,16-18H,3,8-10H2,1-2H3. The Hall–Kier alpha value is -1.17. The fraction of sp³-hybridized carbons (Fsp3) is 0.571. The van der Waals surface area contributed by atoms with Crippen LogP contribution in [-0.2, 0) is 0 Å². The van der Waals surface area contributed by atoms with Gasteiger partial charge in [0.1, 0.15) is 12.7 Å². The maximum Gasteiger partial charge on any atom is 0.165 e. The van der Waals surface area contributed by atoms with Gasteiger partial charge in [-0.05, 0) is 25.5 Å². The summed E-state index contributed by atoms with van der Waals surface area (Å²) in [4.78, 5) is 0. The van der Waals surface area contributed by atoms with Crippen molar-refractivity contribution >= 4 is 0 Å². The highest BCUT2D eigenvalue weighted by Crippen LogP contribution is 2.15. The van der Waals surface area contributed by atoms with Gasteiger partial charge in [-0.25, -0.2) is 4.39 Å². The van der Waals surface area contributed by atoms with E-state index in [-0.39, 0.29) is 18.9 Å². The third kappa shape index (κ3) is 6.00. The molecule has 0 aliphatic rings. The van der Waals surface area contributed by atoms with Crippen molar-refractivity contribution in [1.82, 2.24) is 5.32 Å². The second-order valence-corrected chi connectivity index (χ2v) is 4.88. The number of nitrogens with one attached hydrogen (secondary N) is 1. The smallest absolute Gasteiger partial charge is 0.165 e. The van der Waals surface area contributed by atoms with Crippen molar-refractivity contribution in [3.05, 3.63) is 30.1 Å². The van der Waals surface area contributed by atoms with E-state index in [9.17, 15) is 14.6 Å². The Labute approximate surface area is 113 Å². The van der Waals surface area contributed by atoms with Crippen LogP contribution >= 0.6 is 0 Å². The average Bonchev–Trinajstić information content (AvgIpc) is 2.37. The summed E-state index contributed by atoms with van der Waals surface area (Å²) in [5, 5.41) is 22.4. The van der Waals surface area contributed by atoms with Crippen LogP contribution in [0.1, 0.15) is 20.3 Å². The van der Waals surface area contributed by atoms with Crippen LogP contribution in [0.4, 0.5) is 4.39 Å². The van der Waals surface area contributed by atoms with Gasteiger partial charge in [-0.3, -0.25) is 0 Å². The van der Waals surface area contributed by atoms with E-state index in [1.165, 1.54) is 12.1 Å². The monoisotopic (exact) mass is 271 g/mol. The fourth-order valence-corrected chi connectivity index (χ4v) is 1.44. The molecule has 19 heavy (non-hydrogen) atoms. The van der Waals surface area contributed by atoms with Crippen LogP contribution in [-0.4, -0.2) is 41.6 Å². The topological polar surface area (TPSA) is 61.7 Å². The van der Waals surface area contributed by atoms with Gasteiger partial charge in [-0.15, -0.1) is 0 Å². The minimum absolute atomic E-state index is 0.00218. The molecule has 0 radical (unpaired) electrons. The first-order valence-electron chi connectivity index (χ1n) is 6.43. The number of hydrogen-bond acceptors (Lipinski definition) is 4. The molecule has 0 fully saturated rings. The molecule has 0 aromatic heterocycles. The molecule has 1 aromatic rings. The largest absolute Gasteiger partial charge is 0.488 e. The lowest BCUT2D eigenvalue weighted by Crippen LogP contribution is -2.41. The summed E-state index contributed by atoms with van der Waals surface area (Å²) in [6.45, 7) is 4.29. The number of benzene rings is 1. The molecule has 0 spiro atoms. The Morgan fingerprint density at radius 3 is 2.74 bits per heavy atom. The van der Waals surface area contributed by atoms with E-state index in [0.717, 1.165) is 0 Å². The molecule has 0 amide bonds. The molecule has 0 heterocycles. The lowest BCUT2D eigenvalue weighted by molar-refractivity contribution is 0.0474. The molecule has 1 rings (SSSR count). The van der Waals surface area contributed by atoms with Crippen LogP contribution in [0.3, 0.4) is 0 Å². The summed E-state index contributed by atoms with van der Waals surface area (Å²) < 4.78 is 18.4. The Bertz CT molecular complexity index is 385. The summed E-state index contributed by atoms with van der Waals surface area (Å²) >= 11 is 0. The average molecular weight is 271 g/mol. The second kappa shape index (κ2) is 7.43. The molecule has 0 bridgehead atoms. The van der Waals surface area contributed by atoms with Gasteiger partial charge in [0.15, 0.2) is 11.6 Å². The highest BCUT2D eigenvalue weighted by atomic mass is 19.1. The zero-order valence-electron chi connectivity index (χ0n) is 11.4. The van der Waals surface area contributed by atoms with Crippen molar-refractivity contribution in [3.8, 4) is 5.75 Å². The predicted octanol–water partition coefficient (Wildman–Crippen LogP) is 1.32. The molecule has 2 atom stereocenters. The van der Waals surface area contributed by atoms with E-state index >= 15 is 0 Å². The molecule has 2 unspecified atom stereocenters. The third-order valence-corrected chi connectivity index (χ3v) is 2.92. The van der Waals surface area contributed by atoms with Crippen LogP contribution in [0.2, 0.25) is 0 Å². The van der Waals surface area contributed by atoms with Crippen LogP contribution in [0.5, 0.6) is 5.75 Å². The number of rotatable bonds is 8. The number of halogens is 1. The number of aliphatic hydroxyl groups excluding tert-OH is 1. The normalized spacial score (nSPS) is 15.8. The molecular weight excluding hydrogens is 249 g/mol. The van der Waals surface area contributed by atoms with Gasteiger partial charge in [0.05, 0.1) is 5.60 Å². The summed E-state index contributed by atoms with van der Waals surface area (Å²) in [5.74, 6) is -0.321. The summed E-state index contributed by atoms with van der Waals surface area (Å²) in [6, 6.07) is 6.06. The van der Waals surface area contributed by atoms with Gasteiger partial charge in [-0.1, -0.05) is 19.1 Å². The molecule has 0 saturated heterocycles. The van der Waals surface area contributed by atoms with E-state index < -0.39 is 17.5 Å². The van der Waals surface area contributed by atoms with Gasteiger partial charge in [0, 0.05) is 13.1 Å². The predicted molar refractivity (Wildman–Crippen MR) is 71.7 cm³/mol. The van der Waals surface area contributed by atoms with Crippen LogP contribution < -0.4 is 10.1 Å². The van der Waals surface area contributed by atoms with Crippen molar-refractivity contribution < 1.29 is 19.3 Å². The molecule has 5 heteroatoms. The Morgan fingerprint density at radius 1 is 1.42 bits per heavy atom. The second-order valence-electron chi connectivity index (χ2n) is 4.88.